The van der Waals surface area contributed by atoms with E-state index in [1.807, 2.05) is 0 Å². The molecule has 0 radical (unpaired) electrons. The van der Waals surface area contributed by atoms with Crippen LogP contribution in [0.1, 0.15) is 17.5 Å². The van der Waals surface area contributed by atoms with Crippen LogP contribution in [0.3, 0.4) is 0 Å². The molecule has 0 saturated carbocycles. The number of hydrogen-bond donors (Lipinski definition) is 0. The number of anilines is 1. The Bertz CT molecular complexity index is 322. The largest absolute Gasteiger partial charge is 0.374 e. The summed E-state index contributed by atoms with van der Waals surface area (Å²) in [6, 6.07) is 6.91. The number of benzene rings is 1. The fourth-order valence-electron chi connectivity index (χ4n) is 2.05. The fraction of sp³-hybridized carbons (Fsp3) is 0.500. The van der Waals surface area contributed by atoms with Gasteiger partial charge in [-0.2, -0.15) is 0 Å². The van der Waals surface area contributed by atoms with Crippen molar-refractivity contribution in [3.63, 3.8) is 0 Å². The van der Waals surface area contributed by atoms with Crippen LogP contribution in [-0.2, 0) is 12.8 Å². The van der Waals surface area contributed by atoms with Gasteiger partial charge < -0.3 is 4.90 Å². The predicted octanol–water partition coefficient (Wildman–Crippen LogP) is 3.01. The number of alkyl halides is 1. The smallest absolute Gasteiger partial charge is 0.0397 e. The van der Waals surface area contributed by atoms with Crippen LogP contribution in [0.5, 0.6) is 0 Å². The molecular formula is C12H16BrN. The van der Waals surface area contributed by atoms with Crippen LogP contribution in [0, 0.1) is 0 Å². The molecule has 1 nitrogen and oxygen atoms in total. The van der Waals surface area contributed by atoms with Gasteiger partial charge in [0.05, 0.1) is 0 Å². The molecular weight excluding hydrogens is 238 g/mol. The Hall–Kier alpha value is -0.500. The molecule has 0 fully saturated rings. The van der Waals surface area contributed by atoms with Crippen LogP contribution < -0.4 is 4.90 Å². The third-order valence-corrected chi connectivity index (χ3v) is 3.43. The van der Waals surface area contributed by atoms with Crippen molar-refractivity contribution >= 4 is 21.6 Å². The van der Waals surface area contributed by atoms with Crippen molar-refractivity contribution in [2.75, 3.05) is 23.8 Å². The number of likely N-dealkylation sites (N-methyl/N-ethyl adjacent to an activating group) is 1. The van der Waals surface area contributed by atoms with Crippen molar-refractivity contribution in [1.29, 1.82) is 0 Å². The van der Waals surface area contributed by atoms with Gasteiger partial charge in [0, 0.05) is 24.6 Å². The van der Waals surface area contributed by atoms with E-state index in [0.717, 1.165) is 5.33 Å². The highest BCUT2D eigenvalue weighted by Crippen LogP contribution is 2.27. The topological polar surface area (TPSA) is 3.24 Å². The number of hydrogen-bond acceptors (Lipinski definition) is 1. The minimum Gasteiger partial charge on any atom is -0.374 e. The van der Waals surface area contributed by atoms with Crippen molar-refractivity contribution in [2.45, 2.75) is 19.3 Å². The van der Waals surface area contributed by atoms with E-state index >= 15 is 0 Å². The number of nitrogens with zero attached hydrogens (tertiary/aromatic N) is 1. The second-order valence-corrected chi connectivity index (χ2v) is 4.72. The summed E-state index contributed by atoms with van der Waals surface area (Å²) in [5.74, 6) is 0. The van der Waals surface area contributed by atoms with Crippen LogP contribution in [0.15, 0.2) is 18.2 Å². The van der Waals surface area contributed by atoms with Crippen molar-refractivity contribution in [2.24, 2.45) is 0 Å². The van der Waals surface area contributed by atoms with Gasteiger partial charge in [-0.25, -0.2) is 0 Å². The lowest BCUT2D eigenvalue weighted by atomic mass is 10.1. The van der Waals surface area contributed by atoms with Crippen molar-refractivity contribution in [3.05, 3.63) is 29.3 Å². The molecule has 0 aliphatic carbocycles. The Morgan fingerprint density at radius 3 is 3.07 bits per heavy atom. The predicted molar refractivity (Wildman–Crippen MR) is 65.5 cm³/mol. The maximum atomic E-state index is 3.47. The highest BCUT2D eigenvalue weighted by molar-refractivity contribution is 9.09. The Morgan fingerprint density at radius 2 is 2.29 bits per heavy atom. The van der Waals surface area contributed by atoms with Gasteiger partial charge in [0.1, 0.15) is 0 Å². The highest BCUT2D eigenvalue weighted by Gasteiger charge is 2.14. The summed E-state index contributed by atoms with van der Waals surface area (Å²) in [6.45, 7) is 1.18. The Morgan fingerprint density at radius 1 is 1.43 bits per heavy atom. The molecule has 76 valence electrons. The number of halogens is 1. The molecule has 0 atom stereocenters. The first kappa shape index (κ1) is 10.0. The zero-order valence-electron chi connectivity index (χ0n) is 8.59. The molecule has 1 aliphatic heterocycles. The van der Waals surface area contributed by atoms with Gasteiger partial charge in [-0.15, -0.1) is 0 Å². The molecule has 0 bridgehead atoms. The summed E-state index contributed by atoms with van der Waals surface area (Å²) in [6.07, 6.45) is 3.64. The quantitative estimate of drug-likeness (QED) is 0.749. The summed E-state index contributed by atoms with van der Waals surface area (Å²) in [4.78, 5) is 2.34. The van der Waals surface area contributed by atoms with Gasteiger partial charge in [-0.1, -0.05) is 28.1 Å². The molecule has 1 heterocycles. The highest BCUT2D eigenvalue weighted by atomic mass is 79.9. The van der Waals surface area contributed by atoms with Crippen molar-refractivity contribution in [3.8, 4) is 0 Å². The molecule has 1 aromatic rings. The van der Waals surface area contributed by atoms with E-state index in [1.165, 1.54) is 42.6 Å². The molecule has 0 saturated heterocycles. The van der Waals surface area contributed by atoms with Gasteiger partial charge in [0.25, 0.3) is 0 Å². The molecule has 14 heavy (non-hydrogen) atoms. The molecule has 0 amide bonds. The molecule has 1 aromatic carbocycles. The third kappa shape index (κ3) is 1.95. The van der Waals surface area contributed by atoms with E-state index in [2.05, 4.69) is 46.1 Å². The van der Waals surface area contributed by atoms with E-state index in [-0.39, 0.29) is 0 Å². The lowest BCUT2D eigenvalue weighted by Gasteiger charge is -2.11. The summed E-state index contributed by atoms with van der Waals surface area (Å²) in [5.41, 5.74) is 4.44. The fourth-order valence-corrected chi connectivity index (χ4v) is 2.33. The van der Waals surface area contributed by atoms with Gasteiger partial charge >= 0.3 is 0 Å². The zero-order valence-corrected chi connectivity index (χ0v) is 10.2. The lowest BCUT2D eigenvalue weighted by Crippen LogP contribution is -2.12. The molecule has 0 unspecified atom stereocenters. The lowest BCUT2D eigenvalue weighted by molar-refractivity contribution is 0.935. The Kier molecular flexibility index (Phi) is 3.12. The molecule has 1 aliphatic rings. The van der Waals surface area contributed by atoms with Crippen LogP contribution >= 0.6 is 15.9 Å². The van der Waals surface area contributed by atoms with Gasteiger partial charge in [-0.3, -0.25) is 0 Å². The van der Waals surface area contributed by atoms with Crippen LogP contribution in [0.4, 0.5) is 5.69 Å². The first-order valence-corrected chi connectivity index (χ1v) is 6.32. The van der Waals surface area contributed by atoms with Crippen molar-refractivity contribution < 1.29 is 0 Å². The number of fused-ring (bicyclic) bond motifs is 1. The summed E-state index contributed by atoms with van der Waals surface area (Å²) >= 11 is 3.47. The summed E-state index contributed by atoms with van der Waals surface area (Å²) in [5, 5.41) is 1.10. The zero-order chi connectivity index (χ0) is 9.97. The Labute approximate surface area is 94.2 Å². The standard InChI is InChI=1S/C12H16BrN/c1-14-8-6-11-9-10(3-2-7-13)4-5-12(11)14/h4-5,9H,2-3,6-8H2,1H3. The SMILES string of the molecule is CN1CCc2cc(CCCBr)ccc21. The van der Waals surface area contributed by atoms with Crippen LogP contribution in [0.2, 0.25) is 0 Å². The van der Waals surface area contributed by atoms with E-state index in [1.54, 1.807) is 0 Å². The monoisotopic (exact) mass is 253 g/mol. The van der Waals surface area contributed by atoms with E-state index in [0.29, 0.717) is 0 Å². The second-order valence-electron chi connectivity index (χ2n) is 3.93. The Balaban J connectivity index is 2.15. The maximum Gasteiger partial charge on any atom is 0.0397 e. The molecule has 0 aromatic heterocycles. The van der Waals surface area contributed by atoms with Gasteiger partial charge in [0.15, 0.2) is 0 Å². The second kappa shape index (κ2) is 4.35. The van der Waals surface area contributed by atoms with Crippen LogP contribution in [0.25, 0.3) is 0 Å². The number of rotatable bonds is 3. The molecule has 0 spiro atoms. The maximum absolute atomic E-state index is 3.47. The van der Waals surface area contributed by atoms with Gasteiger partial charge in [-0.05, 0) is 36.5 Å². The first-order chi connectivity index (χ1) is 6.81. The third-order valence-electron chi connectivity index (χ3n) is 2.87. The number of aryl methyl sites for hydroxylation is 1. The first-order valence-electron chi connectivity index (χ1n) is 5.20. The van der Waals surface area contributed by atoms with Crippen molar-refractivity contribution in [1.82, 2.24) is 0 Å². The summed E-state index contributed by atoms with van der Waals surface area (Å²) < 4.78 is 0. The normalized spacial score (nSPS) is 14.6. The molecule has 0 N–H and O–H groups in total. The minimum atomic E-state index is 1.10. The average molecular weight is 254 g/mol. The molecule has 2 heteroatoms. The van der Waals surface area contributed by atoms with E-state index < -0.39 is 0 Å². The van der Waals surface area contributed by atoms with Gasteiger partial charge in [0.2, 0.25) is 0 Å². The average Bonchev–Trinajstić information content (AvgIpc) is 2.57. The van der Waals surface area contributed by atoms with E-state index in [9.17, 15) is 0 Å². The van der Waals surface area contributed by atoms with Crippen LogP contribution in [-0.4, -0.2) is 18.9 Å². The summed E-state index contributed by atoms with van der Waals surface area (Å²) in [7, 11) is 2.17. The van der Waals surface area contributed by atoms with E-state index in [4.69, 9.17) is 0 Å². The minimum absolute atomic E-state index is 1.10. The molecule has 2 rings (SSSR count).